The van der Waals surface area contributed by atoms with Gasteiger partial charge >= 0.3 is 8.80 Å². The summed E-state index contributed by atoms with van der Waals surface area (Å²) in [4.78, 5) is 0. The fourth-order valence-electron chi connectivity index (χ4n) is 3.65. The molecule has 0 saturated carbocycles. The summed E-state index contributed by atoms with van der Waals surface area (Å²) in [6.45, 7) is 13.1. The maximum atomic E-state index is 6.15. The van der Waals surface area contributed by atoms with Crippen molar-refractivity contribution in [2.75, 3.05) is 26.4 Å². The van der Waals surface area contributed by atoms with E-state index in [1.807, 2.05) is 45.9 Å². The third-order valence-electron chi connectivity index (χ3n) is 5.11. The van der Waals surface area contributed by atoms with E-state index in [-0.39, 0.29) is 0 Å². The summed E-state index contributed by atoms with van der Waals surface area (Å²) in [5.41, 5.74) is 1.03. The standard InChI is InChI=1S/C23H40O6Si/c1-6-10-11-15-23(5)25-19-20-18-21(13-14-22(20)29-23)24-16-12-17-30(26-7-2,27-8-3)28-9-4/h13-14,18H,6-12,15-17,19H2,1-5H3. The van der Waals surface area contributed by atoms with Gasteiger partial charge in [0.15, 0.2) is 0 Å². The Morgan fingerprint density at radius 1 is 0.967 bits per heavy atom. The molecule has 30 heavy (non-hydrogen) atoms. The molecule has 0 radical (unpaired) electrons. The number of hydrogen-bond donors (Lipinski definition) is 0. The number of benzene rings is 1. The van der Waals surface area contributed by atoms with Gasteiger partial charge in [0.05, 0.1) is 13.2 Å². The molecular weight excluding hydrogens is 400 g/mol. The third-order valence-corrected chi connectivity index (χ3v) is 8.27. The van der Waals surface area contributed by atoms with Crippen LogP contribution in [0.3, 0.4) is 0 Å². The lowest BCUT2D eigenvalue weighted by atomic mass is 10.1. The molecule has 0 aromatic heterocycles. The van der Waals surface area contributed by atoms with Gasteiger partial charge in [-0.05, 0) is 51.8 Å². The normalized spacial score (nSPS) is 18.7. The average Bonchev–Trinajstić information content (AvgIpc) is 2.72. The first kappa shape index (κ1) is 25.1. The van der Waals surface area contributed by atoms with Crippen LogP contribution in [0.1, 0.15) is 72.3 Å². The van der Waals surface area contributed by atoms with Gasteiger partial charge in [-0.2, -0.15) is 0 Å². The second kappa shape index (κ2) is 12.7. The predicted molar refractivity (Wildman–Crippen MR) is 120 cm³/mol. The van der Waals surface area contributed by atoms with E-state index in [1.54, 1.807) is 0 Å². The highest BCUT2D eigenvalue weighted by molar-refractivity contribution is 6.60. The summed E-state index contributed by atoms with van der Waals surface area (Å²) in [5.74, 6) is 1.19. The Hall–Kier alpha value is -1.12. The number of rotatable bonds is 15. The Bertz CT molecular complexity index is 609. The van der Waals surface area contributed by atoms with Crippen LogP contribution in [0, 0.1) is 0 Å². The van der Waals surface area contributed by atoms with Crippen LogP contribution in [0.15, 0.2) is 18.2 Å². The molecule has 0 bridgehead atoms. The minimum atomic E-state index is -2.61. The van der Waals surface area contributed by atoms with E-state index in [2.05, 4.69) is 6.92 Å². The Kier molecular flexibility index (Phi) is 10.6. The van der Waals surface area contributed by atoms with Gasteiger partial charge in [0.25, 0.3) is 0 Å². The average molecular weight is 441 g/mol. The van der Waals surface area contributed by atoms with Gasteiger partial charge in [-0.25, -0.2) is 0 Å². The second-order valence-electron chi connectivity index (χ2n) is 7.69. The van der Waals surface area contributed by atoms with Crippen molar-refractivity contribution >= 4 is 8.80 Å². The van der Waals surface area contributed by atoms with Crippen LogP contribution in [0.5, 0.6) is 11.5 Å². The summed E-state index contributed by atoms with van der Waals surface area (Å²) < 4.78 is 35.8. The van der Waals surface area contributed by atoms with Crippen molar-refractivity contribution in [3.05, 3.63) is 23.8 Å². The van der Waals surface area contributed by atoms with E-state index >= 15 is 0 Å². The highest BCUT2D eigenvalue weighted by Gasteiger charge is 2.39. The molecule has 0 spiro atoms. The first-order valence-corrected chi connectivity index (χ1v) is 13.4. The molecule has 2 rings (SSSR count). The van der Waals surface area contributed by atoms with Crippen LogP contribution in [-0.2, 0) is 24.6 Å². The summed E-state index contributed by atoms with van der Waals surface area (Å²) in [5, 5.41) is 0. The van der Waals surface area contributed by atoms with Gasteiger partial charge in [-0.1, -0.05) is 19.8 Å². The van der Waals surface area contributed by atoms with Crippen molar-refractivity contribution in [1.29, 1.82) is 0 Å². The summed E-state index contributed by atoms with van der Waals surface area (Å²) in [6, 6.07) is 6.72. The minimum Gasteiger partial charge on any atom is -0.494 e. The number of unbranched alkanes of at least 4 members (excludes halogenated alkanes) is 2. The molecule has 1 aromatic carbocycles. The predicted octanol–water partition coefficient (Wildman–Crippen LogP) is 5.71. The smallest absolute Gasteiger partial charge is 0.494 e. The van der Waals surface area contributed by atoms with E-state index in [9.17, 15) is 0 Å². The first-order chi connectivity index (χ1) is 14.5. The quantitative estimate of drug-likeness (QED) is 0.257. The first-order valence-electron chi connectivity index (χ1n) is 11.5. The molecule has 6 nitrogen and oxygen atoms in total. The summed E-state index contributed by atoms with van der Waals surface area (Å²) >= 11 is 0. The van der Waals surface area contributed by atoms with Gasteiger partial charge in [0.1, 0.15) is 11.5 Å². The van der Waals surface area contributed by atoms with Gasteiger partial charge < -0.3 is 27.5 Å². The molecule has 1 unspecified atom stereocenters. The van der Waals surface area contributed by atoms with Crippen LogP contribution in [0.2, 0.25) is 6.04 Å². The molecule has 1 aromatic rings. The van der Waals surface area contributed by atoms with E-state index in [4.69, 9.17) is 27.5 Å². The zero-order valence-electron chi connectivity index (χ0n) is 19.5. The van der Waals surface area contributed by atoms with E-state index in [0.717, 1.165) is 42.4 Å². The minimum absolute atomic E-state index is 0.531. The fraction of sp³-hybridized carbons (Fsp3) is 0.739. The van der Waals surface area contributed by atoms with E-state index in [0.29, 0.717) is 33.0 Å². The number of ether oxygens (including phenoxy) is 3. The second-order valence-corrected chi connectivity index (χ2v) is 10.4. The molecule has 7 heteroatoms. The highest BCUT2D eigenvalue weighted by atomic mass is 28.4. The Morgan fingerprint density at radius 3 is 2.30 bits per heavy atom. The molecule has 0 fully saturated rings. The Balaban J connectivity index is 1.86. The van der Waals surface area contributed by atoms with Gasteiger partial charge in [0, 0.05) is 44.8 Å². The molecule has 1 heterocycles. The monoisotopic (exact) mass is 440 g/mol. The van der Waals surface area contributed by atoms with Crippen molar-refractivity contribution in [2.24, 2.45) is 0 Å². The molecule has 1 aliphatic rings. The van der Waals surface area contributed by atoms with Gasteiger partial charge in [-0.3, -0.25) is 0 Å². The zero-order chi connectivity index (χ0) is 21.9. The van der Waals surface area contributed by atoms with Gasteiger partial charge in [-0.15, -0.1) is 0 Å². The van der Waals surface area contributed by atoms with E-state index in [1.165, 1.54) is 12.8 Å². The molecule has 172 valence electrons. The van der Waals surface area contributed by atoms with Crippen molar-refractivity contribution in [1.82, 2.24) is 0 Å². The van der Waals surface area contributed by atoms with Crippen molar-refractivity contribution < 1.29 is 27.5 Å². The third kappa shape index (κ3) is 7.53. The van der Waals surface area contributed by atoms with Crippen molar-refractivity contribution in [3.63, 3.8) is 0 Å². The maximum Gasteiger partial charge on any atom is 0.501 e. The zero-order valence-corrected chi connectivity index (χ0v) is 20.5. The van der Waals surface area contributed by atoms with Crippen molar-refractivity contribution in [2.45, 2.75) is 85.2 Å². The molecule has 0 amide bonds. The molecule has 0 aliphatic carbocycles. The van der Waals surface area contributed by atoms with Crippen LogP contribution in [0.4, 0.5) is 0 Å². The van der Waals surface area contributed by atoms with Crippen molar-refractivity contribution in [3.8, 4) is 11.5 Å². The molecule has 0 saturated heterocycles. The van der Waals surface area contributed by atoms with Crippen LogP contribution in [0.25, 0.3) is 0 Å². The number of fused-ring (bicyclic) bond motifs is 1. The molecular formula is C23H40O6Si. The lowest BCUT2D eigenvalue weighted by Gasteiger charge is -2.36. The lowest BCUT2D eigenvalue weighted by Crippen LogP contribution is -2.46. The molecule has 0 N–H and O–H groups in total. The topological polar surface area (TPSA) is 55.4 Å². The lowest BCUT2D eigenvalue weighted by molar-refractivity contribution is -0.198. The van der Waals surface area contributed by atoms with Crippen LogP contribution >= 0.6 is 0 Å². The summed E-state index contributed by atoms with van der Waals surface area (Å²) in [6.07, 6.45) is 5.22. The van der Waals surface area contributed by atoms with Crippen LogP contribution < -0.4 is 9.47 Å². The summed E-state index contributed by atoms with van der Waals surface area (Å²) in [7, 11) is -2.61. The fourth-order valence-corrected chi connectivity index (χ4v) is 6.23. The SMILES string of the molecule is CCCCCC1(C)OCc2cc(OCCC[Si](OCC)(OCC)OCC)ccc2O1. The number of hydrogen-bond acceptors (Lipinski definition) is 6. The molecule has 1 aliphatic heterocycles. The largest absolute Gasteiger partial charge is 0.501 e. The van der Waals surface area contributed by atoms with Gasteiger partial charge in [0.2, 0.25) is 5.79 Å². The van der Waals surface area contributed by atoms with Crippen LogP contribution in [-0.4, -0.2) is 41.0 Å². The Labute approximate surface area is 183 Å². The maximum absolute atomic E-state index is 6.15. The van der Waals surface area contributed by atoms with E-state index < -0.39 is 14.6 Å². The highest BCUT2D eigenvalue weighted by Crippen LogP contribution is 2.36. The Morgan fingerprint density at radius 2 is 1.67 bits per heavy atom. The molecule has 1 atom stereocenters.